The van der Waals surface area contributed by atoms with Gasteiger partial charge in [0.05, 0.1) is 32.3 Å². The zero-order chi connectivity index (χ0) is 49.4. The topological polar surface area (TPSA) is 284 Å². The van der Waals surface area contributed by atoms with Gasteiger partial charge in [-0.15, -0.1) is 0 Å². The number of ether oxygens (including phenoxy) is 8. The van der Waals surface area contributed by atoms with Crippen molar-refractivity contribution in [2.75, 3.05) is 27.4 Å². The van der Waals surface area contributed by atoms with E-state index in [1.807, 2.05) is 0 Å². The van der Waals surface area contributed by atoms with Crippen molar-refractivity contribution in [2.24, 2.45) is 50.2 Å². The fourth-order valence-electron chi connectivity index (χ4n) is 14.3. The first-order chi connectivity index (χ1) is 31.3. The molecule has 2 saturated heterocycles. The summed E-state index contributed by atoms with van der Waals surface area (Å²) in [4.78, 5) is 51.5. The molecule has 0 amide bonds. The summed E-state index contributed by atoms with van der Waals surface area (Å²) in [5.41, 5.74) is -0.965. The van der Waals surface area contributed by atoms with Crippen molar-refractivity contribution in [1.82, 2.24) is 0 Å². The minimum atomic E-state index is -1.98. The maximum absolute atomic E-state index is 14.7. The molecule has 0 radical (unpaired) electrons. The smallest absolute Gasteiger partial charge is 0.363 e. The highest BCUT2D eigenvalue weighted by molar-refractivity contribution is 5.79. The van der Waals surface area contributed by atoms with Crippen molar-refractivity contribution in [3.63, 3.8) is 0 Å². The molecule has 19 heteroatoms. The Labute approximate surface area is 391 Å². The lowest BCUT2D eigenvalue weighted by atomic mass is 9.33. The van der Waals surface area contributed by atoms with Crippen LogP contribution in [0.2, 0.25) is 0 Å². The molecule has 19 unspecified atom stereocenters. The van der Waals surface area contributed by atoms with Gasteiger partial charge in [-0.2, -0.15) is 0 Å². The molecule has 7 rings (SSSR count). The Morgan fingerprint density at radius 2 is 1.46 bits per heavy atom. The van der Waals surface area contributed by atoms with Gasteiger partial charge in [-0.25, -0.2) is 14.4 Å². The third-order valence-corrected chi connectivity index (χ3v) is 18.4. The van der Waals surface area contributed by atoms with E-state index in [2.05, 4.69) is 59.3 Å². The molecule has 0 bridgehead atoms. The highest BCUT2D eigenvalue weighted by Gasteiger charge is 2.70. The maximum atomic E-state index is 14.7. The van der Waals surface area contributed by atoms with Crippen LogP contribution in [-0.2, 0) is 57.1 Å². The third kappa shape index (κ3) is 8.67. The molecule has 5 aliphatic carbocycles. The van der Waals surface area contributed by atoms with E-state index in [-0.39, 0.29) is 39.4 Å². The van der Waals surface area contributed by atoms with Crippen molar-refractivity contribution in [3.05, 3.63) is 11.6 Å². The quantitative estimate of drug-likeness (QED) is 0.0485. The second kappa shape index (κ2) is 18.7. The van der Waals surface area contributed by atoms with Crippen LogP contribution >= 0.6 is 0 Å². The Balaban J connectivity index is 1.13. The SMILES string of the molecule is COC(=O)COC(OC1C(O)C(OC2CCC3(C)C(CCC4(C)C3CC=C3C5CC(C)(C)CCC5(C(=O)OC5OC(CO)C(O)C(O)C5O)CCC34C)C2(C)C)OC(C(=O)O)C1O)C(=O)OC. The number of carbonyl (C=O) groups is 4. The number of carboxylic acid groups (broad SMARTS) is 1. The summed E-state index contributed by atoms with van der Waals surface area (Å²) in [5.74, 6) is -3.88. The number of aliphatic carboxylic acids is 1. The number of methoxy groups -OCH3 is 2. The van der Waals surface area contributed by atoms with Gasteiger partial charge in [-0.05, 0) is 109 Å². The molecule has 7 N–H and O–H groups in total. The number of carbonyl (C=O) groups excluding carboxylic acids is 3. The number of fused-ring (bicyclic) bond motifs is 7. The predicted octanol–water partition coefficient (Wildman–Crippen LogP) is 2.12. The first-order valence-electron chi connectivity index (χ1n) is 23.8. The van der Waals surface area contributed by atoms with Crippen LogP contribution < -0.4 is 0 Å². The number of hydrogen-bond acceptors (Lipinski definition) is 18. The summed E-state index contributed by atoms with van der Waals surface area (Å²) in [6.07, 6.45) is -9.88. The Bertz CT molecular complexity index is 1900. The number of aliphatic hydroxyl groups is 6. The van der Waals surface area contributed by atoms with Gasteiger partial charge in [-0.3, -0.25) is 4.79 Å². The van der Waals surface area contributed by atoms with Crippen molar-refractivity contribution in [1.29, 1.82) is 0 Å². The van der Waals surface area contributed by atoms with Crippen LogP contribution in [0.15, 0.2) is 11.6 Å². The number of carboxylic acids is 1. The average molecular weight is 955 g/mol. The molecule has 19 nitrogen and oxygen atoms in total. The third-order valence-electron chi connectivity index (χ3n) is 18.4. The summed E-state index contributed by atoms with van der Waals surface area (Å²) in [7, 11) is 2.14. The molecule has 0 spiro atoms. The van der Waals surface area contributed by atoms with Crippen molar-refractivity contribution in [2.45, 2.75) is 186 Å². The molecule has 2 aliphatic heterocycles. The molecule has 67 heavy (non-hydrogen) atoms. The van der Waals surface area contributed by atoms with Gasteiger partial charge in [-0.1, -0.05) is 60.1 Å². The molecule has 0 aromatic carbocycles. The van der Waals surface area contributed by atoms with Crippen molar-refractivity contribution >= 4 is 23.9 Å². The zero-order valence-electron chi connectivity index (χ0n) is 40.3. The Hall–Kier alpha value is -2.82. The summed E-state index contributed by atoms with van der Waals surface area (Å²) < 4.78 is 44.1. The standard InChI is InChI=1S/C48H74O19/c1-43(2)16-18-48(42(59)67-39-32(53)31(52)30(51)25(21-49)63-39)19-17-46(6)23(24(48)20-43)10-11-27-45(5)14-13-28(44(3,4)26(45)12-15-47(27,46)7)64-40-34(55)35(33(54)36(66-40)37(56)57)65-41(38(58)61-9)62-22-29(50)60-8/h10,24-28,30-36,39-41,49,51-55H,11-22H2,1-9H3,(H,56,57). The van der Waals surface area contributed by atoms with Crippen LogP contribution in [0.4, 0.5) is 0 Å². The van der Waals surface area contributed by atoms with E-state index < -0.39 is 122 Å². The largest absolute Gasteiger partial charge is 0.479 e. The second-order valence-corrected chi connectivity index (χ2v) is 22.5. The van der Waals surface area contributed by atoms with E-state index in [4.69, 9.17) is 33.2 Å². The van der Waals surface area contributed by atoms with E-state index in [0.29, 0.717) is 25.7 Å². The number of rotatable bonds is 12. The van der Waals surface area contributed by atoms with E-state index >= 15 is 0 Å². The maximum Gasteiger partial charge on any atom is 0.363 e. The van der Waals surface area contributed by atoms with Gasteiger partial charge < -0.3 is 73.6 Å². The number of allylic oxidation sites excluding steroid dienone is 2. The van der Waals surface area contributed by atoms with E-state index in [1.54, 1.807) is 0 Å². The highest BCUT2D eigenvalue weighted by atomic mass is 16.7. The van der Waals surface area contributed by atoms with Gasteiger partial charge in [0, 0.05) is 0 Å². The molecule has 2 heterocycles. The minimum absolute atomic E-state index is 0.0772. The van der Waals surface area contributed by atoms with Gasteiger partial charge in [0.2, 0.25) is 6.29 Å². The normalized spacial score (nSPS) is 45.9. The second-order valence-electron chi connectivity index (χ2n) is 22.5. The first-order valence-corrected chi connectivity index (χ1v) is 23.8. The Kier molecular flexibility index (Phi) is 14.5. The molecule has 7 aliphatic rings. The van der Waals surface area contributed by atoms with E-state index in [9.17, 15) is 54.9 Å². The van der Waals surface area contributed by atoms with Gasteiger partial charge in [0.1, 0.15) is 49.3 Å². The summed E-state index contributed by atoms with van der Waals surface area (Å²) >= 11 is 0. The Morgan fingerprint density at radius 1 is 0.776 bits per heavy atom. The fraction of sp³-hybridized carbons (Fsp3) is 0.875. The zero-order valence-corrected chi connectivity index (χ0v) is 40.3. The van der Waals surface area contributed by atoms with Crippen LogP contribution in [0.3, 0.4) is 0 Å². The fourth-order valence-corrected chi connectivity index (χ4v) is 14.3. The predicted molar refractivity (Wildman–Crippen MR) is 231 cm³/mol. The Morgan fingerprint density at radius 3 is 2.10 bits per heavy atom. The number of esters is 3. The van der Waals surface area contributed by atoms with Crippen molar-refractivity contribution < 1.29 is 92.8 Å². The highest BCUT2D eigenvalue weighted by Crippen LogP contribution is 2.76. The molecule has 4 saturated carbocycles. The summed E-state index contributed by atoms with van der Waals surface area (Å²) in [5, 5.41) is 74.3. The van der Waals surface area contributed by atoms with Gasteiger partial charge >= 0.3 is 23.9 Å². The molecule has 0 aromatic rings. The number of hydrogen-bond donors (Lipinski definition) is 7. The monoisotopic (exact) mass is 954 g/mol. The lowest BCUT2D eigenvalue weighted by Crippen LogP contribution is -2.66. The lowest BCUT2D eigenvalue weighted by Gasteiger charge is -2.71. The van der Waals surface area contributed by atoms with Gasteiger partial charge in [0.15, 0.2) is 12.4 Å². The van der Waals surface area contributed by atoms with Crippen LogP contribution in [0.25, 0.3) is 0 Å². The number of aliphatic hydroxyl groups excluding tert-OH is 6. The van der Waals surface area contributed by atoms with Crippen LogP contribution in [0.5, 0.6) is 0 Å². The van der Waals surface area contributed by atoms with Crippen LogP contribution in [0, 0.1) is 50.2 Å². The molecular formula is C48H74O19. The van der Waals surface area contributed by atoms with E-state index in [0.717, 1.165) is 52.7 Å². The molecular weight excluding hydrogens is 881 g/mol. The average Bonchev–Trinajstić information content (AvgIpc) is 3.27. The molecule has 0 aromatic heterocycles. The minimum Gasteiger partial charge on any atom is -0.479 e. The molecule has 6 fully saturated rings. The van der Waals surface area contributed by atoms with Crippen LogP contribution in [0.1, 0.15) is 113 Å². The molecule has 380 valence electrons. The lowest BCUT2D eigenvalue weighted by molar-refractivity contribution is -0.339. The first kappa shape index (κ1) is 52.0. The van der Waals surface area contributed by atoms with Crippen LogP contribution in [-0.4, -0.2) is 161 Å². The van der Waals surface area contributed by atoms with Crippen molar-refractivity contribution in [3.8, 4) is 0 Å². The van der Waals surface area contributed by atoms with Gasteiger partial charge in [0.25, 0.3) is 6.29 Å². The molecule has 19 atom stereocenters. The van der Waals surface area contributed by atoms with E-state index in [1.165, 1.54) is 5.57 Å². The summed E-state index contributed by atoms with van der Waals surface area (Å²) in [6.45, 7) is 14.4. The summed E-state index contributed by atoms with van der Waals surface area (Å²) in [6, 6.07) is 0.